The Balaban J connectivity index is 2.28. The summed E-state index contributed by atoms with van der Waals surface area (Å²) < 4.78 is 19.3. The second-order valence-corrected chi connectivity index (χ2v) is 5.53. The Hall–Kier alpha value is -1.13. The third kappa shape index (κ3) is 3.49. The number of rotatable bonds is 8. The lowest BCUT2D eigenvalue weighted by Gasteiger charge is -2.33. The van der Waals surface area contributed by atoms with Crippen LogP contribution >= 0.6 is 0 Å². The number of halogens is 1. The van der Waals surface area contributed by atoms with Crippen LogP contribution < -0.4 is 10.2 Å². The van der Waals surface area contributed by atoms with Crippen molar-refractivity contribution < 1.29 is 9.13 Å². The molecule has 0 bridgehead atoms. The number of hydrogen-bond acceptors (Lipinski definition) is 3. The molecule has 0 radical (unpaired) electrons. The Morgan fingerprint density at radius 1 is 1.45 bits per heavy atom. The molecule has 2 rings (SSSR count). The van der Waals surface area contributed by atoms with Gasteiger partial charge in [-0.05, 0) is 44.9 Å². The van der Waals surface area contributed by atoms with E-state index in [2.05, 4.69) is 17.1 Å². The monoisotopic (exact) mass is 280 g/mol. The van der Waals surface area contributed by atoms with Gasteiger partial charge in [-0.1, -0.05) is 6.07 Å². The zero-order valence-corrected chi connectivity index (χ0v) is 12.7. The minimum absolute atomic E-state index is 0.137. The molecule has 1 aliphatic rings. The molecule has 4 heteroatoms. The lowest BCUT2D eigenvalue weighted by molar-refractivity contribution is 0.202. The Morgan fingerprint density at radius 2 is 2.20 bits per heavy atom. The van der Waals surface area contributed by atoms with Gasteiger partial charge < -0.3 is 15.0 Å². The van der Waals surface area contributed by atoms with Crippen LogP contribution in [0.2, 0.25) is 0 Å². The van der Waals surface area contributed by atoms with Crippen LogP contribution in [-0.2, 0) is 11.3 Å². The van der Waals surface area contributed by atoms with E-state index < -0.39 is 0 Å². The van der Waals surface area contributed by atoms with Crippen LogP contribution in [0.5, 0.6) is 0 Å². The van der Waals surface area contributed by atoms with Gasteiger partial charge in [0.25, 0.3) is 0 Å². The van der Waals surface area contributed by atoms with Crippen LogP contribution in [-0.4, -0.2) is 33.4 Å². The fourth-order valence-corrected chi connectivity index (χ4v) is 2.73. The van der Waals surface area contributed by atoms with E-state index in [0.29, 0.717) is 19.2 Å². The van der Waals surface area contributed by atoms with Gasteiger partial charge in [0.15, 0.2) is 0 Å². The SMILES string of the molecule is CNCc1c(F)cccc1N(CCOC)C(C)C1CC1. The molecule has 0 saturated heterocycles. The van der Waals surface area contributed by atoms with Gasteiger partial charge in [0.2, 0.25) is 0 Å². The maximum absolute atomic E-state index is 14.1. The highest BCUT2D eigenvalue weighted by Gasteiger charge is 2.33. The zero-order valence-electron chi connectivity index (χ0n) is 12.7. The van der Waals surface area contributed by atoms with E-state index in [9.17, 15) is 4.39 Å². The van der Waals surface area contributed by atoms with Crippen LogP contribution in [0.1, 0.15) is 25.3 Å². The van der Waals surface area contributed by atoms with E-state index in [4.69, 9.17) is 4.74 Å². The van der Waals surface area contributed by atoms with Crippen molar-refractivity contribution in [3.63, 3.8) is 0 Å². The Bertz CT molecular complexity index is 434. The molecule has 0 aromatic heterocycles. The summed E-state index contributed by atoms with van der Waals surface area (Å²) in [4.78, 5) is 2.30. The van der Waals surface area contributed by atoms with Gasteiger partial charge in [0.1, 0.15) is 5.82 Å². The first-order chi connectivity index (χ1) is 9.69. The highest BCUT2D eigenvalue weighted by atomic mass is 19.1. The maximum atomic E-state index is 14.1. The van der Waals surface area contributed by atoms with Crippen LogP contribution in [0.25, 0.3) is 0 Å². The van der Waals surface area contributed by atoms with E-state index >= 15 is 0 Å². The van der Waals surface area contributed by atoms with E-state index in [1.165, 1.54) is 18.9 Å². The summed E-state index contributed by atoms with van der Waals surface area (Å²) in [5.41, 5.74) is 1.74. The number of anilines is 1. The predicted octanol–water partition coefficient (Wildman–Crippen LogP) is 2.80. The molecule has 20 heavy (non-hydrogen) atoms. The lowest BCUT2D eigenvalue weighted by Crippen LogP contribution is -2.38. The van der Waals surface area contributed by atoms with Gasteiger partial charge >= 0.3 is 0 Å². The van der Waals surface area contributed by atoms with Gasteiger partial charge in [-0.2, -0.15) is 0 Å². The molecule has 1 aromatic carbocycles. The number of benzene rings is 1. The van der Waals surface area contributed by atoms with Crippen LogP contribution in [0.15, 0.2) is 18.2 Å². The number of methoxy groups -OCH3 is 1. The van der Waals surface area contributed by atoms with Gasteiger partial charge in [0.05, 0.1) is 6.61 Å². The molecule has 1 N–H and O–H groups in total. The third-order valence-electron chi connectivity index (χ3n) is 4.09. The topological polar surface area (TPSA) is 24.5 Å². The molecular weight excluding hydrogens is 255 g/mol. The van der Waals surface area contributed by atoms with Gasteiger partial charge in [-0.15, -0.1) is 0 Å². The lowest BCUT2D eigenvalue weighted by atomic mass is 10.1. The normalized spacial score (nSPS) is 16.2. The second-order valence-electron chi connectivity index (χ2n) is 5.53. The largest absolute Gasteiger partial charge is 0.383 e. The average Bonchev–Trinajstić information content (AvgIpc) is 3.27. The summed E-state index contributed by atoms with van der Waals surface area (Å²) in [6.07, 6.45) is 2.56. The molecular formula is C16H25FN2O. The van der Waals surface area contributed by atoms with Crippen molar-refractivity contribution in [2.24, 2.45) is 5.92 Å². The Morgan fingerprint density at radius 3 is 2.80 bits per heavy atom. The average molecular weight is 280 g/mol. The molecule has 1 unspecified atom stereocenters. The standard InChI is InChI=1S/C16H25FN2O/c1-12(13-7-8-13)19(9-10-20-3)16-6-4-5-15(17)14(16)11-18-2/h4-6,12-13,18H,7-11H2,1-3H3. The quantitative estimate of drug-likeness (QED) is 0.792. The summed E-state index contributed by atoms with van der Waals surface area (Å²) in [5.74, 6) is 0.597. The van der Waals surface area contributed by atoms with Crippen molar-refractivity contribution in [1.82, 2.24) is 5.32 Å². The number of nitrogens with one attached hydrogen (secondary N) is 1. The molecule has 1 aliphatic carbocycles. The molecule has 112 valence electrons. The van der Waals surface area contributed by atoms with E-state index in [0.717, 1.165) is 23.7 Å². The van der Waals surface area contributed by atoms with Crippen LogP contribution in [0.4, 0.5) is 10.1 Å². The van der Waals surface area contributed by atoms with E-state index in [1.807, 2.05) is 13.1 Å². The first kappa shape index (κ1) is 15.3. The first-order valence-electron chi connectivity index (χ1n) is 7.36. The van der Waals surface area contributed by atoms with Crippen molar-refractivity contribution in [2.45, 2.75) is 32.4 Å². The minimum atomic E-state index is -0.137. The summed E-state index contributed by atoms with van der Waals surface area (Å²) in [5, 5.41) is 3.06. The summed E-state index contributed by atoms with van der Waals surface area (Å²) in [6, 6.07) is 5.78. The van der Waals surface area contributed by atoms with E-state index in [-0.39, 0.29) is 5.82 Å². The van der Waals surface area contributed by atoms with Gasteiger partial charge in [0, 0.05) is 37.5 Å². The van der Waals surface area contributed by atoms with Crippen molar-refractivity contribution in [2.75, 3.05) is 32.2 Å². The second kappa shape index (κ2) is 7.04. The molecule has 1 aromatic rings. The maximum Gasteiger partial charge on any atom is 0.129 e. The zero-order chi connectivity index (χ0) is 14.5. The van der Waals surface area contributed by atoms with Crippen molar-refractivity contribution in [3.8, 4) is 0 Å². The highest BCUT2D eigenvalue weighted by Crippen LogP contribution is 2.38. The molecule has 1 saturated carbocycles. The Kier molecular flexibility index (Phi) is 5.38. The van der Waals surface area contributed by atoms with E-state index in [1.54, 1.807) is 13.2 Å². The number of ether oxygens (including phenoxy) is 1. The summed E-state index contributed by atoms with van der Waals surface area (Å²) >= 11 is 0. The molecule has 0 amide bonds. The third-order valence-corrected chi connectivity index (χ3v) is 4.09. The predicted molar refractivity (Wildman–Crippen MR) is 80.6 cm³/mol. The molecule has 1 atom stereocenters. The first-order valence-corrected chi connectivity index (χ1v) is 7.36. The Labute approximate surface area is 121 Å². The molecule has 0 aliphatic heterocycles. The van der Waals surface area contributed by atoms with Gasteiger partial charge in [-0.3, -0.25) is 0 Å². The van der Waals surface area contributed by atoms with Gasteiger partial charge in [-0.25, -0.2) is 4.39 Å². The molecule has 3 nitrogen and oxygen atoms in total. The smallest absolute Gasteiger partial charge is 0.129 e. The van der Waals surface area contributed by atoms with Crippen molar-refractivity contribution in [3.05, 3.63) is 29.6 Å². The van der Waals surface area contributed by atoms with Crippen LogP contribution in [0, 0.1) is 11.7 Å². The molecule has 0 heterocycles. The van der Waals surface area contributed by atoms with Crippen molar-refractivity contribution in [1.29, 1.82) is 0 Å². The highest BCUT2D eigenvalue weighted by molar-refractivity contribution is 5.55. The minimum Gasteiger partial charge on any atom is -0.383 e. The fourth-order valence-electron chi connectivity index (χ4n) is 2.73. The number of hydrogen-bond donors (Lipinski definition) is 1. The van der Waals surface area contributed by atoms with Crippen molar-refractivity contribution >= 4 is 5.69 Å². The summed E-state index contributed by atoms with van der Waals surface area (Å²) in [6.45, 7) is 4.24. The molecule has 0 spiro atoms. The molecule has 1 fully saturated rings. The summed E-state index contributed by atoms with van der Waals surface area (Å²) in [7, 11) is 3.56. The number of nitrogens with zero attached hydrogens (tertiary/aromatic N) is 1. The van der Waals surface area contributed by atoms with Crippen LogP contribution in [0.3, 0.4) is 0 Å². The fraction of sp³-hybridized carbons (Fsp3) is 0.625.